The number of ether oxygens (including phenoxy) is 1. The molecule has 4 rings (SSSR count). The predicted molar refractivity (Wildman–Crippen MR) is 147 cm³/mol. The number of hydrogen-bond donors (Lipinski definition) is 2. The maximum absolute atomic E-state index is 13.1. The molecule has 0 spiro atoms. The van der Waals surface area contributed by atoms with Gasteiger partial charge >= 0.3 is 0 Å². The molecular weight excluding hydrogens is 498 g/mol. The average molecular weight is 528 g/mol. The number of amides is 1. The van der Waals surface area contributed by atoms with Crippen molar-refractivity contribution in [2.75, 3.05) is 23.9 Å². The van der Waals surface area contributed by atoms with Gasteiger partial charge in [0.25, 0.3) is 0 Å². The second kappa shape index (κ2) is 12.0. The summed E-state index contributed by atoms with van der Waals surface area (Å²) in [6.45, 7) is 4.56. The molecule has 9 nitrogen and oxygen atoms in total. The number of nitrogens with two attached hydrogens (primary N) is 1. The Morgan fingerprint density at radius 2 is 1.84 bits per heavy atom. The third-order valence-corrected chi connectivity index (χ3v) is 6.99. The Kier molecular flexibility index (Phi) is 8.47. The number of benzene rings is 2. The van der Waals surface area contributed by atoms with Crippen molar-refractivity contribution >= 4 is 29.3 Å². The van der Waals surface area contributed by atoms with Gasteiger partial charge < -0.3 is 20.7 Å². The molecule has 0 bridgehead atoms. The van der Waals surface area contributed by atoms with Gasteiger partial charge in [-0.1, -0.05) is 0 Å². The largest absolute Gasteiger partial charge is 0.438 e. The summed E-state index contributed by atoms with van der Waals surface area (Å²) in [5.41, 5.74) is 11.2. The molecule has 1 atom stereocenters. The fourth-order valence-corrected chi connectivity index (χ4v) is 4.83. The SMILES string of the molecule is CSCC[C@H](N)C(=O)N1CCc2nc(Nc3ccc(C#N)cc3)nc(Oc3c(C)cc(C#N)cc3C)c2C1. The van der Waals surface area contributed by atoms with Crippen LogP contribution in [0.1, 0.15) is 39.9 Å². The Hall–Kier alpha value is -4.12. The predicted octanol–water partition coefficient (Wildman–Crippen LogP) is 4.34. The van der Waals surface area contributed by atoms with E-state index in [0.29, 0.717) is 54.6 Å². The first-order valence-electron chi connectivity index (χ1n) is 12.2. The minimum atomic E-state index is -0.561. The van der Waals surface area contributed by atoms with E-state index in [-0.39, 0.29) is 5.91 Å². The summed E-state index contributed by atoms with van der Waals surface area (Å²) in [6.07, 6.45) is 3.13. The minimum absolute atomic E-state index is 0.0961. The van der Waals surface area contributed by atoms with Crippen molar-refractivity contribution in [3.05, 3.63) is 69.9 Å². The average Bonchev–Trinajstić information content (AvgIpc) is 2.93. The number of anilines is 2. The Labute approximate surface area is 226 Å². The number of thioether (sulfide) groups is 1. The molecule has 2 aromatic carbocycles. The molecule has 3 aromatic rings. The second-order valence-electron chi connectivity index (χ2n) is 9.14. The highest BCUT2D eigenvalue weighted by atomic mass is 32.2. The van der Waals surface area contributed by atoms with Gasteiger partial charge in [0.05, 0.1) is 47.1 Å². The van der Waals surface area contributed by atoms with Crippen molar-refractivity contribution in [3.8, 4) is 23.8 Å². The van der Waals surface area contributed by atoms with Crippen LogP contribution in [0.15, 0.2) is 36.4 Å². The summed E-state index contributed by atoms with van der Waals surface area (Å²) >= 11 is 1.66. The van der Waals surface area contributed by atoms with Crippen LogP contribution in [0.2, 0.25) is 0 Å². The summed E-state index contributed by atoms with van der Waals surface area (Å²) < 4.78 is 6.39. The van der Waals surface area contributed by atoms with Gasteiger partial charge in [-0.2, -0.15) is 27.3 Å². The first kappa shape index (κ1) is 26.9. The van der Waals surface area contributed by atoms with Gasteiger partial charge in [-0.25, -0.2) is 4.98 Å². The van der Waals surface area contributed by atoms with E-state index >= 15 is 0 Å². The van der Waals surface area contributed by atoms with Gasteiger partial charge in [0.15, 0.2) is 0 Å². The van der Waals surface area contributed by atoms with E-state index in [0.717, 1.165) is 33.8 Å². The number of rotatable bonds is 8. The van der Waals surface area contributed by atoms with Crippen molar-refractivity contribution in [3.63, 3.8) is 0 Å². The number of aromatic nitrogens is 2. The van der Waals surface area contributed by atoms with Crippen molar-refractivity contribution in [1.29, 1.82) is 10.5 Å². The monoisotopic (exact) mass is 527 g/mol. The number of aryl methyl sites for hydroxylation is 2. The highest BCUT2D eigenvalue weighted by molar-refractivity contribution is 7.98. The normalized spacial score (nSPS) is 13.2. The number of nitriles is 2. The lowest BCUT2D eigenvalue weighted by molar-refractivity contribution is -0.133. The Morgan fingerprint density at radius 3 is 2.47 bits per heavy atom. The van der Waals surface area contributed by atoms with E-state index in [1.165, 1.54) is 0 Å². The van der Waals surface area contributed by atoms with Crippen LogP contribution in [0, 0.1) is 36.5 Å². The molecule has 1 aliphatic rings. The third-order valence-electron chi connectivity index (χ3n) is 6.34. The molecule has 1 amide bonds. The maximum Gasteiger partial charge on any atom is 0.239 e. The second-order valence-corrected chi connectivity index (χ2v) is 10.1. The molecule has 0 fully saturated rings. The van der Waals surface area contributed by atoms with Crippen LogP contribution in [0.3, 0.4) is 0 Å². The molecule has 1 aromatic heterocycles. The number of hydrogen-bond acceptors (Lipinski definition) is 9. The van der Waals surface area contributed by atoms with Crippen molar-refractivity contribution in [1.82, 2.24) is 14.9 Å². The molecule has 0 radical (unpaired) electrons. The third kappa shape index (κ3) is 6.05. The van der Waals surface area contributed by atoms with E-state index < -0.39 is 6.04 Å². The lowest BCUT2D eigenvalue weighted by atomic mass is 10.0. The van der Waals surface area contributed by atoms with Crippen LogP contribution < -0.4 is 15.8 Å². The zero-order chi connectivity index (χ0) is 27.2. The van der Waals surface area contributed by atoms with Gasteiger partial charge in [-0.15, -0.1) is 0 Å². The molecule has 10 heteroatoms. The molecule has 194 valence electrons. The Balaban J connectivity index is 1.70. The van der Waals surface area contributed by atoms with E-state index in [1.807, 2.05) is 20.1 Å². The number of nitrogens with zero attached hydrogens (tertiary/aromatic N) is 5. The molecule has 0 unspecified atom stereocenters. The molecule has 0 saturated heterocycles. The fourth-order valence-electron chi connectivity index (χ4n) is 4.34. The lowest BCUT2D eigenvalue weighted by Crippen LogP contribution is -2.46. The fraction of sp³-hybridized carbons (Fsp3) is 0.321. The zero-order valence-electron chi connectivity index (χ0n) is 21.6. The molecule has 0 aliphatic carbocycles. The Bertz CT molecular complexity index is 1400. The highest BCUT2D eigenvalue weighted by Gasteiger charge is 2.29. The summed E-state index contributed by atoms with van der Waals surface area (Å²) in [5.74, 6) is 2.02. The molecule has 2 heterocycles. The van der Waals surface area contributed by atoms with Crippen LogP contribution in [-0.4, -0.2) is 45.4 Å². The molecular formula is C28H29N7O2S. The number of carbonyl (C=O) groups excluding carboxylic acids is 1. The summed E-state index contributed by atoms with van der Waals surface area (Å²) in [5, 5.41) is 21.6. The van der Waals surface area contributed by atoms with Gasteiger partial charge in [0.1, 0.15) is 5.75 Å². The van der Waals surface area contributed by atoms with Crippen molar-refractivity contribution in [2.45, 2.75) is 39.3 Å². The van der Waals surface area contributed by atoms with Crippen LogP contribution >= 0.6 is 11.8 Å². The summed E-state index contributed by atoms with van der Waals surface area (Å²) in [4.78, 5) is 24.2. The summed E-state index contributed by atoms with van der Waals surface area (Å²) in [6, 6.07) is 14.3. The van der Waals surface area contributed by atoms with Gasteiger partial charge in [0.2, 0.25) is 17.7 Å². The minimum Gasteiger partial charge on any atom is -0.438 e. The van der Waals surface area contributed by atoms with E-state index in [1.54, 1.807) is 53.1 Å². The van der Waals surface area contributed by atoms with Gasteiger partial charge in [0, 0.05) is 18.7 Å². The molecule has 38 heavy (non-hydrogen) atoms. The van der Waals surface area contributed by atoms with Crippen LogP contribution in [0.5, 0.6) is 11.6 Å². The van der Waals surface area contributed by atoms with E-state index in [4.69, 9.17) is 20.7 Å². The van der Waals surface area contributed by atoms with Crippen LogP contribution in [0.4, 0.5) is 11.6 Å². The van der Waals surface area contributed by atoms with Gasteiger partial charge in [-0.05, 0) is 79.8 Å². The number of fused-ring (bicyclic) bond motifs is 1. The maximum atomic E-state index is 13.1. The zero-order valence-corrected chi connectivity index (χ0v) is 22.4. The quantitative estimate of drug-likeness (QED) is 0.437. The molecule has 1 aliphatic heterocycles. The molecule has 0 saturated carbocycles. The smallest absolute Gasteiger partial charge is 0.239 e. The van der Waals surface area contributed by atoms with E-state index in [9.17, 15) is 10.1 Å². The first-order chi connectivity index (χ1) is 18.3. The summed E-state index contributed by atoms with van der Waals surface area (Å²) in [7, 11) is 0. The lowest BCUT2D eigenvalue weighted by Gasteiger charge is -2.31. The highest BCUT2D eigenvalue weighted by Crippen LogP contribution is 2.35. The number of nitrogens with one attached hydrogen (secondary N) is 1. The number of carbonyl (C=O) groups is 1. The van der Waals surface area contributed by atoms with Crippen molar-refractivity contribution in [2.24, 2.45) is 5.73 Å². The van der Waals surface area contributed by atoms with Crippen LogP contribution in [-0.2, 0) is 17.8 Å². The van der Waals surface area contributed by atoms with Crippen molar-refractivity contribution < 1.29 is 9.53 Å². The van der Waals surface area contributed by atoms with E-state index in [2.05, 4.69) is 22.4 Å². The molecule has 3 N–H and O–H groups in total. The van der Waals surface area contributed by atoms with Crippen LogP contribution in [0.25, 0.3) is 0 Å². The first-order valence-corrected chi connectivity index (χ1v) is 13.6. The topological polar surface area (TPSA) is 141 Å². The van der Waals surface area contributed by atoms with Gasteiger partial charge in [-0.3, -0.25) is 4.79 Å². The Morgan fingerprint density at radius 1 is 1.16 bits per heavy atom. The standard InChI is InChI=1S/C28H29N7O2S/c1-17-12-20(15-30)13-18(2)25(17)37-26-22-16-35(27(36)23(31)9-11-38-3)10-8-24(22)33-28(34-26)32-21-6-4-19(14-29)5-7-21/h4-7,12-13,23H,8-11,16,31H2,1-3H3,(H,32,33,34)/t23-/m0/s1.